The Kier molecular flexibility index (Phi) is 6.53. The van der Waals surface area contributed by atoms with Gasteiger partial charge in [0.05, 0.1) is 5.57 Å². The van der Waals surface area contributed by atoms with Gasteiger partial charge in [0.15, 0.2) is 0 Å². The number of unbranched alkanes of at least 4 members (excludes halogenated alkanes) is 3. The summed E-state index contributed by atoms with van der Waals surface area (Å²) >= 11 is 0. The molecule has 4 nitrogen and oxygen atoms in total. The van der Waals surface area contributed by atoms with Gasteiger partial charge in [0.1, 0.15) is 5.70 Å². The summed E-state index contributed by atoms with van der Waals surface area (Å²) < 4.78 is 0. The number of benzene rings is 2. The van der Waals surface area contributed by atoms with Crippen molar-refractivity contribution in [3.05, 3.63) is 70.9 Å². The molecule has 2 aromatic carbocycles. The normalized spacial score (nSPS) is 14.1. The fraction of sp³-hybridized carbons (Fsp3) is 0.360. The minimum absolute atomic E-state index is 0.187. The Bertz CT molecular complexity index is 931. The number of anilines is 1. The first-order valence-corrected chi connectivity index (χ1v) is 10.4. The molecule has 0 atom stereocenters. The molecule has 0 aromatic heterocycles. The molecule has 0 saturated heterocycles. The maximum Gasteiger partial charge on any atom is 0.278 e. The topological polar surface area (TPSA) is 40.6 Å². The van der Waals surface area contributed by atoms with Crippen molar-refractivity contribution in [2.45, 2.75) is 46.5 Å². The molecule has 0 aliphatic carbocycles. The average molecular weight is 391 g/mol. The van der Waals surface area contributed by atoms with Gasteiger partial charge < -0.3 is 4.90 Å². The van der Waals surface area contributed by atoms with Crippen LogP contribution in [0, 0.1) is 13.8 Å². The molecular formula is C25H30N2O2. The van der Waals surface area contributed by atoms with E-state index in [2.05, 4.69) is 6.92 Å². The molecule has 0 fully saturated rings. The van der Waals surface area contributed by atoms with E-state index in [1.165, 1.54) is 10.5 Å². The summed E-state index contributed by atoms with van der Waals surface area (Å²) in [7, 11) is 1.86. The Hall–Kier alpha value is -2.88. The third kappa shape index (κ3) is 4.26. The molecular weight excluding hydrogens is 360 g/mol. The lowest BCUT2D eigenvalue weighted by atomic mass is 9.99. The van der Waals surface area contributed by atoms with E-state index in [1.54, 1.807) is 0 Å². The fourth-order valence-corrected chi connectivity index (χ4v) is 3.71. The first-order chi connectivity index (χ1) is 14.0. The Morgan fingerprint density at radius 2 is 1.59 bits per heavy atom. The maximum atomic E-state index is 13.3. The molecule has 152 valence electrons. The molecule has 1 heterocycles. The van der Waals surface area contributed by atoms with E-state index < -0.39 is 0 Å². The van der Waals surface area contributed by atoms with Crippen LogP contribution in [0.25, 0.3) is 5.57 Å². The number of nitrogens with zero attached hydrogens (tertiary/aromatic N) is 2. The highest BCUT2D eigenvalue weighted by atomic mass is 16.2. The van der Waals surface area contributed by atoms with Crippen LogP contribution < -0.4 is 4.90 Å². The molecule has 0 bridgehead atoms. The zero-order valence-corrected chi connectivity index (χ0v) is 17.9. The highest BCUT2D eigenvalue weighted by Gasteiger charge is 2.40. The number of aryl methyl sites for hydroxylation is 2. The fourth-order valence-electron chi connectivity index (χ4n) is 3.71. The SMILES string of the molecule is CCCCCCN1C(=O)C(c2ccc(C)c(C)c2)=C(N(C)c2ccccc2)C1=O. The van der Waals surface area contributed by atoms with Crippen molar-refractivity contribution < 1.29 is 9.59 Å². The molecule has 2 aromatic rings. The van der Waals surface area contributed by atoms with Crippen LogP contribution in [-0.2, 0) is 9.59 Å². The van der Waals surface area contributed by atoms with Crippen LogP contribution >= 0.6 is 0 Å². The van der Waals surface area contributed by atoms with E-state index in [-0.39, 0.29) is 11.8 Å². The molecule has 4 heteroatoms. The number of carbonyl (C=O) groups is 2. The predicted octanol–water partition coefficient (Wildman–Crippen LogP) is 5.10. The second kappa shape index (κ2) is 9.08. The van der Waals surface area contributed by atoms with Gasteiger partial charge in [0.25, 0.3) is 11.8 Å². The molecule has 0 unspecified atom stereocenters. The second-order valence-corrected chi connectivity index (χ2v) is 7.74. The van der Waals surface area contributed by atoms with Crippen molar-refractivity contribution in [1.82, 2.24) is 4.90 Å². The summed E-state index contributed by atoms with van der Waals surface area (Å²) in [6.45, 7) is 6.70. The van der Waals surface area contributed by atoms with Gasteiger partial charge >= 0.3 is 0 Å². The Labute approximate surface area is 173 Å². The van der Waals surface area contributed by atoms with Crippen LogP contribution in [0.3, 0.4) is 0 Å². The van der Waals surface area contributed by atoms with Gasteiger partial charge in [-0.25, -0.2) is 0 Å². The van der Waals surface area contributed by atoms with Gasteiger partial charge in [-0.3, -0.25) is 14.5 Å². The van der Waals surface area contributed by atoms with Crippen LogP contribution in [0.4, 0.5) is 5.69 Å². The van der Waals surface area contributed by atoms with Crippen LogP contribution in [0.2, 0.25) is 0 Å². The third-order valence-corrected chi connectivity index (χ3v) is 5.65. The van der Waals surface area contributed by atoms with E-state index >= 15 is 0 Å². The quantitative estimate of drug-likeness (QED) is 0.465. The lowest BCUT2D eigenvalue weighted by molar-refractivity contribution is -0.136. The van der Waals surface area contributed by atoms with Crippen molar-refractivity contribution in [2.24, 2.45) is 0 Å². The monoisotopic (exact) mass is 390 g/mol. The highest BCUT2D eigenvalue weighted by molar-refractivity contribution is 6.36. The standard InChI is InChI=1S/C25H30N2O2/c1-5-6-7-11-16-27-24(28)22(20-15-14-18(2)19(3)17-20)23(25(27)29)26(4)21-12-9-8-10-13-21/h8-10,12-15,17H,5-7,11,16H2,1-4H3. The number of rotatable bonds is 8. The minimum atomic E-state index is -0.203. The summed E-state index contributed by atoms with van der Waals surface area (Å²) in [6.07, 6.45) is 4.10. The molecule has 3 rings (SSSR count). The van der Waals surface area contributed by atoms with Gasteiger partial charge in [-0.1, -0.05) is 62.6 Å². The van der Waals surface area contributed by atoms with E-state index in [0.717, 1.165) is 42.5 Å². The lowest BCUT2D eigenvalue weighted by Gasteiger charge is -2.21. The number of carbonyl (C=O) groups excluding carboxylic acids is 2. The zero-order chi connectivity index (χ0) is 21.0. The summed E-state index contributed by atoms with van der Waals surface area (Å²) in [5.41, 5.74) is 4.93. The third-order valence-electron chi connectivity index (χ3n) is 5.65. The zero-order valence-electron chi connectivity index (χ0n) is 17.9. The minimum Gasteiger partial charge on any atom is -0.339 e. The van der Waals surface area contributed by atoms with E-state index in [0.29, 0.717) is 17.8 Å². The first kappa shape index (κ1) is 20.8. The van der Waals surface area contributed by atoms with Crippen LogP contribution in [-0.4, -0.2) is 30.3 Å². The van der Waals surface area contributed by atoms with Crippen molar-refractivity contribution in [3.63, 3.8) is 0 Å². The number of para-hydroxylation sites is 1. The maximum absolute atomic E-state index is 13.3. The van der Waals surface area contributed by atoms with Crippen molar-refractivity contribution in [2.75, 3.05) is 18.5 Å². The highest BCUT2D eigenvalue weighted by Crippen LogP contribution is 2.34. The Morgan fingerprint density at radius 3 is 2.24 bits per heavy atom. The largest absolute Gasteiger partial charge is 0.339 e. The second-order valence-electron chi connectivity index (χ2n) is 7.74. The van der Waals surface area contributed by atoms with Crippen LogP contribution in [0.5, 0.6) is 0 Å². The van der Waals surface area contributed by atoms with Gasteiger partial charge in [-0.15, -0.1) is 0 Å². The van der Waals surface area contributed by atoms with E-state index in [9.17, 15) is 9.59 Å². The van der Waals surface area contributed by atoms with E-state index in [1.807, 2.05) is 74.3 Å². The average Bonchev–Trinajstić information content (AvgIpc) is 2.97. The number of hydrogen-bond acceptors (Lipinski definition) is 3. The van der Waals surface area contributed by atoms with Gasteiger partial charge in [-0.05, 0) is 49.1 Å². The molecule has 0 N–H and O–H groups in total. The molecule has 29 heavy (non-hydrogen) atoms. The number of hydrogen-bond donors (Lipinski definition) is 0. The summed E-state index contributed by atoms with van der Waals surface area (Å²) in [6, 6.07) is 15.7. The first-order valence-electron chi connectivity index (χ1n) is 10.4. The van der Waals surface area contributed by atoms with E-state index in [4.69, 9.17) is 0 Å². The number of amides is 2. The Balaban J connectivity index is 2.02. The molecule has 0 spiro atoms. The molecule has 2 amide bonds. The van der Waals surface area contributed by atoms with Crippen molar-refractivity contribution >= 4 is 23.1 Å². The van der Waals surface area contributed by atoms with Crippen molar-refractivity contribution in [1.29, 1.82) is 0 Å². The molecule has 1 aliphatic rings. The predicted molar refractivity (Wildman–Crippen MR) is 119 cm³/mol. The molecule has 0 radical (unpaired) electrons. The lowest BCUT2D eigenvalue weighted by Crippen LogP contribution is -2.35. The number of likely N-dealkylation sites (N-methyl/N-ethyl adjacent to an activating group) is 1. The molecule has 0 saturated carbocycles. The van der Waals surface area contributed by atoms with Gasteiger partial charge in [0.2, 0.25) is 0 Å². The van der Waals surface area contributed by atoms with Gasteiger partial charge in [-0.2, -0.15) is 0 Å². The smallest absolute Gasteiger partial charge is 0.278 e. The summed E-state index contributed by atoms with van der Waals surface area (Å²) in [5.74, 6) is -0.390. The number of imide groups is 1. The summed E-state index contributed by atoms with van der Waals surface area (Å²) in [5, 5.41) is 0. The van der Waals surface area contributed by atoms with Gasteiger partial charge in [0, 0.05) is 19.3 Å². The molecule has 1 aliphatic heterocycles. The van der Waals surface area contributed by atoms with Crippen LogP contribution in [0.1, 0.15) is 49.3 Å². The Morgan fingerprint density at radius 1 is 0.862 bits per heavy atom. The van der Waals surface area contributed by atoms with Crippen molar-refractivity contribution in [3.8, 4) is 0 Å². The van der Waals surface area contributed by atoms with Crippen LogP contribution in [0.15, 0.2) is 54.2 Å². The summed E-state index contributed by atoms with van der Waals surface area (Å²) in [4.78, 5) is 29.9.